The number of pyridine rings is 1. The number of fused-ring (bicyclic) bond motifs is 1. The topological polar surface area (TPSA) is 140 Å². The molecular formula is C22H24N3O6PS3. The lowest BCUT2D eigenvalue weighted by Crippen LogP contribution is -2.06. The Hall–Kier alpha value is -2.02. The van der Waals surface area contributed by atoms with Crippen LogP contribution in [0, 0.1) is 0 Å². The average Bonchev–Trinajstić information content (AvgIpc) is 3.51. The number of nitrogen functional groups attached to an aromatic ring is 1. The van der Waals surface area contributed by atoms with Crippen LogP contribution in [0.25, 0.3) is 32.0 Å². The number of ether oxygens (including phenoxy) is 1. The van der Waals surface area contributed by atoms with Crippen LogP contribution in [0.5, 0.6) is 5.75 Å². The minimum absolute atomic E-state index is 0.00422. The van der Waals surface area contributed by atoms with E-state index in [0.29, 0.717) is 21.4 Å². The minimum atomic E-state index is -3.13. The number of hydrogen-bond acceptors (Lipinski definition) is 10. The summed E-state index contributed by atoms with van der Waals surface area (Å²) in [6.07, 6.45) is 3.56. The number of anilines is 1. The number of unbranched alkanes of at least 4 members (excludes halogenated alkanes) is 1. The van der Waals surface area contributed by atoms with E-state index < -0.39 is 19.4 Å². The summed E-state index contributed by atoms with van der Waals surface area (Å²) >= 11 is 1.69. The first-order chi connectivity index (χ1) is 17.0. The molecule has 9 nitrogen and oxygen atoms in total. The third-order valence-corrected chi connectivity index (χ3v) is 8.99. The molecule has 0 fully saturated rings. The first kappa shape index (κ1) is 26.1. The molecule has 0 spiro atoms. The molecule has 0 saturated heterocycles. The summed E-state index contributed by atoms with van der Waals surface area (Å²) < 4.78 is 33.8. The second-order valence-electron chi connectivity index (χ2n) is 7.32. The van der Waals surface area contributed by atoms with Gasteiger partial charge in [-0.2, -0.15) is 4.67 Å². The van der Waals surface area contributed by atoms with E-state index >= 15 is 0 Å². The van der Waals surface area contributed by atoms with Crippen molar-refractivity contribution in [2.75, 3.05) is 24.7 Å². The van der Waals surface area contributed by atoms with E-state index in [9.17, 15) is 9.12 Å². The van der Waals surface area contributed by atoms with Gasteiger partial charge < -0.3 is 19.9 Å². The summed E-state index contributed by atoms with van der Waals surface area (Å²) in [6, 6.07) is 9.39. The second kappa shape index (κ2) is 12.3. The lowest BCUT2D eigenvalue weighted by atomic mass is 10.0. The Balaban J connectivity index is 1.66. The van der Waals surface area contributed by atoms with E-state index in [1.54, 1.807) is 6.20 Å². The SMILES string of the molecule is CCCC[S+]([O-])c1sc2nc(-c3nccs3)cc(-c3ccc(OCCOO[PH](=O)O)cc3)c2c1N. The summed E-state index contributed by atoms with van der Waals surface area (Å²) in [5, 5.41) is 3.48. The van der Waals surface area contributed by atoms with Crippen molar-refractivity contribution in [1.29, 1.82) is 0 Å². The van der Waals surface area contributed by atoms with Crippen LogP contribution in [0.3, 0.4) is 0 Å². The highest BCUT2D eigenvalue weighted by Crippen LogP contribution is 2.44. The fraction of sp³-hybridized carbons (Fsp3) is 0.273. The van der Waals surface area contributed by atoms with E-state index in [0.717, 1.165) is 44.9 Å². The Kier molecular flexibility index (Phi) is 9.15. The highest BCUT2D eigenvalue weighted by Gasteiger charge is 2.25. The highest BCUT2D eigenvalue weighted by atomic mass is 32.2. The van der Waals surface area contributed by atoms with Gasteiger partial charge in [-0.1, -0.05) is 36.8 Å². The van der Waals surface area contributed by atoms with Gasteiger partial charge in [0.15, 0.2) is 0 Å². The maximum atomic E-state index is 12.9. The summed E-state index contributed by atoms with van der Waals surface area (Å²) in [7, 11) is -3.13. The quantitative estimate of drug-likeness (QED) is 0.0787. The zero-order chi connectivity index (χ0) is 24.8. The molecule has 1 aromatic carbocycles. The predicted molar refractivity (Wildman–Crippen MR) is 141 cm³/mol. The zero-order valence-electron chi connectivity index (χ0n) is 18.8. The Morgan fingerprint density at radius 3 is 2.74 bits per heavy atom. The van der Waals surface area contributed by atoms with Crippen LogP contribution in [-0.2, 0) is 25.3 Å². The van der Waals surface area contributed by atoms with E-state index in [-0.39, 0.29) is 13.2 Å². The van der Waals surface area contributed by atoms with Gasteiger partial charge in [0.1, 0.15) is 45.9 Å². The third kappa shape index (κ3) is 6.41. The molecule has 0 saturated carbocycles. The molecule has 0 radical (unpaired) electrons. The Morgan fingerprint density at radius 1 is 1.26 bits per heavy atom. The Bertz CT molecular complexity index is 1280. The van der Waals surface area contributed by atoms with E-state index in [1.165, 1.54) is 22.7 Å². The molecule has 4 rings (SSSR count). The molecule has 35 heavy (non-hydrogen) atoms. The standard InChI is InChI=1S/C22H24N3O6PS3/c1-2-3-12-35(28)22-19(23)18-16(13-17(25-21(18)34-22)20-24-8-11-33-20)14-4-6-15(7-5-14)29-9-10-30-31-32(26)27/h4-8,11,13,32H,2-3,9-10,12,23H2,1H3,(H,26,27). The van der Waals surface area contributed by atoms with Gasteiger partial charge in [-0.25, -0.2) is 14.9 Å². The van der Waals surface area contributed by atoms with Crippen LogP contribution >= 0.6 is 30.9 Å². The summed E-state index contributed by atoms with van der Waals surface area (Å²) in [5.41, 5.74) is 9.56. The lowest BCUT2D eigenvalue weighted by Gasteiger charge is -2.10. The van der Waals surface area contributed by atoms with Crippen LogP contribution in [0.1, 0.15) is 19.8 Å². The van der Waals surface area contributed by atoms with Crippen LogP contribution in [-0.4, -0.2) is 38.4 Å². The maximum absolute atomic E-state index is 12.9. The molecule has 2 unspecified atom stereocenters. The number of benzene rings is 1. The number of thiazole rings is 1. The van der Waals surface area contributed by atoms with Gasteiger partial charge in [-0.3, -0.25) is 4.57 Å². The first-order valence-electron chi connectivity index (χ1n) is 10.7. The largest absolute Gasteiger partial charge is 0.611 e. The fourth-order valence-electron chi connectivity index (χ4n) is 3.34. The van der Waals surface area contributed by atoms with Gasteiger partial charge >= 0.3 is 8.25 Å². The number of hydrogen-bond donors (Lipinski definition) is 2. The van der Waals surface area contributed by atoms with Crippen LogP contribution in [0.2, 0.25) is 0 Å². The lowest BCUT2D eigenvalue weighted by molar-refractivity contribution is -0.211. The van der Waals surface area contributed by atoms with Crippen molar-refractivity contribution in [3.8, 4) is 27.6 Å². The van der Waals surface area contributed by atoms with Crippen molar-refractivity contribution in [3.05, 3.63) is 41.9 Å². The third-order valence-electron chi connectivity index (χ3n) is 4.94. The van der Waals surface area contributed by atoms with Crippen molar-refractivity contribution in [3.63, 3.8) is 0 Å². The van der Waals surface area contributed by atoms with Gasteiger partial charge in [-0.15, -0.1) is 11.3 Å². The Morgan fingerprint density at radius 2 is 2.06 bits per heavy atom. The van der Waals surface area contributed by atoms with Crippen LogP contribution in [0.15, 0.2) is 46.1 Å². The van der Waals surface area contributed by atoms with Crippen molar-refractivity contribution in [1.82, 2.24) is 9.97 Å². The molecule has 3 N–H and O–H groups in total. The highest BCUT2D eigenvalue weighted by molar-refractivity contribution is 7.93. The van der Waals surface area contributed by atoms with E-state index in [4.69, 9.17) is 20.3 Å². The number of thiophene rings is 1. The van der Waals surface area contributed by atoms with Crippen LogP contribution < -0.4 is 10.5 Å². The molecule has 4 aromatic rings. The maximum Gasteiger partial charge on any atom is 0.344 e. The van der Waals surface area contributed by atoms with Gasteiger partial charge in [0.2, 0.25) is 4.21 Å². The van der Waals surface area contributed by atoms with Gasteiger partial charge in [0.05, 0.1) is 0 Å². The fourth-order valence-corrected chi connectivity index (χ4v) is 6.92. The summed E-state index contributed by atoms with van der Waals surface area (Å²) in [6.45, 7) is 2.22. The normalized spacial score (nSPS) is 13.2. The molecule has 0 bridgehead atoms. The Labute approximate surface area is 214 Å². The van der Waals surface area contributed by atoms with Crippen LogP contribution in [0.4, 0.5) is 5.69 Å². The number of rotatable bonds is 12. The number of nitrogens with two attached hydrogens (primary N) is 1. The van der Waals surface area contributed by atoms with Crippen molar-refractivity contribution in [2.45, 2.75) is 24.0 Å². The molecule has 13 heteroatoms. The molecular weight excluding hydrogens is 529 g/mol. The molecule has 0 aliphatic rings. The van der Waals surface area contributed by atoms with E-state index in [1.807, 2.05) is 35.7 Å². The molecule has 2 atom stereocenters. The van der Waals surface area contributed by atoms with Gasteiger partial charge in [0.25, 0.3) is 0 Å². The molecule has 3 aromatic heterocycles. The van der Waals surface area contributed by atoms with Gasteiger partial charge in [-0.05, 0) is 46.9 Å². The van der Waals surface area contributed by atoms with Gasteiger partial charge in [0, 0.05) is 17.0 Å². The molecule has 3 heterocycles. The molecule has 0 aliphatic carbocycles. The molecule has 0 amide bonds. The smallest absolute Gasteiger partial charge is 0.344 e. The second-order valence-corrected chi connectivity index (χ2v) is 11.7. The predicted octanol–water partition coefficient (Wildman–Crippen LogP) is 5.29. The molecule has 0 aliphatic heterocycles. The number of aromatic nitrogens is 2. The first-order valence-corrected chi connectivity index (χ1v) is 15.0. The van der Waals surface area contributed by atoms with E-state index in [2.05, 4.69) is 21.5 Å². The summed E-state index contributed by atoms with van der Waals surface area (Å²) in [4.78, 5) is 23.1. The van der Waals surface area contributed by atoms with Crippen molar-refractivity contribution < 1.29 is 28.3 Å². The number of nitrogens with zero attached hydrogens (tertiary/aromatic N) is 2. The van der Waals surface area contributed by atoms with Crippen molar-refractivity contribution >= 4 is 58.0 Å². The monoisotopic (exact) mass is 553 g/mol. The van der Waals surface area contributed by atoms with Crippen molar-refractivity contribution in [2.24, 2.45) is 0 Å². The summed E-state index contributed by atoms with van der Waals surface area (Å²) in [5.74, 6) is 1.16. The average molecular weight is 554 g/mol. The molecule has 186 valence electrons. The minimum Gasteiger partial charge on any atom is -0.611 e. The zero-order valence-corrected chi connectivity index (χ0v) is 22.2.